The van der Waals surface area contributed by atoms with Crippen LogP contribution in [0.3, 0.4) is 0 Å². The van der Waals surface area contributed by atoms with Crippen molar-refractivity contribution >= 4 is 15.9 Å². The van der Waals surface area contributed by atoms with Gasteiger partial charge >= 0.3 is 6.18 Å². The standard InChI is InChI=1S/C11H13BrF3NO/c1-7(8-2-4-9(12)5-3-8)16-6-10(17)11(13,14)15/h2-5,7,10,16-17H,6H2,1H3/t7-,10?/m0/s1. The number of nitrogens with one attached hydrogen (secondary N) is 1. The molecule has 0 bridgehead atoms. The lowest BCUT2D eigenvalue weighted by molar-refractivity contribution is -0.202. The average molecular weight is 312 g/mol. The lowest BCUT2D eigenvalue weighted by atomic mass is 10.1. The van der Waals surface area contributed by atoms with Crippen LogP contribution < -0.4 is 5.32 Å². The summed E-state index contributed by atoms with van der Waals surface area (Å²) in [5, 5.41) is 11.5. The Labute approximate surface area is 106 Å². The Morgan fingerprint density at radius 2 is 1.82 bits per heavy atom. The van der Waals surface area contributed by atoms with Crippen molar-refractivity contribution in [3.63, 3.8) is 0 Å². The van der Waals surface area contributed by atoms with Crippen LogP contribution in [-0.2, 0) is 0 Å². The molecule has 1 aromatic carbocycles. The van der Waals surface area contributed by atoms with Crippen LogP contribution in [0.5, 0.6) is 0 Å². The zero-order chi connectivity index (χ0) is 13.1. The summed E-state index contributed by atoms with van der Waals surface area (Å²) in [5.41, 5.74) is 0.863. The topological polar surface area (TPSA) is 32.3 Å². The molecule has 0 fully saturated rings. The van der Waals surface area contributed by atoms with Crippen molar-refractivity contribution in [2.75, 3.05) is 6.54 Å². The van der Waals surface area contributed by atoms with Crippen molar-refractivity contribution in [1.82, 2.24) is 5.32 Å². The van der Waals surface area contributed by atoms with E-state index in [4.69, 9.17) is 5.11 Å². The summed E-state index contributed by atoms with van der Waals surface area (Å²) >= 11 is 3.27. The molecule has 0 aliphatic carbocycles. The summed E-state index contributed by atoms with van der Waals surface area (Å²) in [6.45, 7) is 1.23. The number of alkyl halides is 3. The highest BCUT2D eigenvalue weighted by Gasteiger charge is 2.37. The molecule has 6 heteroatoms. The Morgan fingerprint density at radius 1 is 1.29 bits per heavy atom. The average Bonchev–Trinajstić information content (AvgIpc) is 2.25. The number of rotatable bonds is 4. The Balaban J connectivity index is 2.50. The molecule has 0 saturated carbocycles. The molecule has 0 saturated heterocycles. The maximum Gasteiger partial charge on any atom is 0.415 e. The van der Waals surface area contributed by atoms with Crippen LogP contribution in [-0.4, -0.2) is 23.9 Å². The van der Waals surface area contributed by atoms with Gasteiger partial charge in [0, 0.05) is 17.1 Å². The predicted octanol–water partition coefficient (Wildman–Crippen LogP) is 3.02. The van der Waals surface area contributed by atoms with Crippen LogP contribution in [0.4, 0.5) is 13.2 Å². The Bertz CT molecular complexity index is 353. The molecule has 0 radical (unpaired) electrons. The second-order valence-corrected chi connectivity index (χ2v) is 4.65. The summed E-state index contributed by atoms with van der Waals surface area (Å²) in [6, 6.07) is 6.99. The molecule has 2 atom stereocenters. The molecular weight excluding hydrogens is 299 g/mol. The fourth-order valence-corrected chi connectivity index (χ4v) is 1.54. The molecule has 17 heavy (non-hydrogen) atoms. The molecule has 0 aromatic heterocycles. The summed E-state index contributed by atoms with van der Waals surface area (Å²) in [5.74, 6) is 0. The molecule has 1 rings (SSSR count). The van der Waals surface area contributed by atoms with E-state index in [2.05, 4.69) is 21.2 Å². The largest absolute Gasteiger partial charge is 0.415 e. The molecular formula is C11H13BrF3NO. The van der Waals surface area contributed by atoms with Gasteiger partial charge in [-0.05, 0) is 24.6 Å². The van der Waals surface area contributed by atoms with Crippen LogP contribution in [0, 0.1) is 0 Å². The second-order valence-electron chi connectivity index (χ2n) is 3.74. The summed E-state index contributed by atoms with van der Waals surface area (Å²) in [4.78, 5) is 0. The Hall–Kier alpha value is -0.590. The number of halogens is 4. The molecule has 2 nitrogen and oxygen atoms in total. The van der Waals surface area contributed by atoms with Gasteiger partial charge in [0.2, 0.25) is 0 Å². The van der Waals surface area contributed by atoms with Crippen LogP contribution >= 0.6 is 15.9 Å². The van der Waals surface area contributed by atoms with Crippen LogP contribution in [0.15, 0.2) is 28.7 Å². The summed E-state index contributed by atoms with van der Waals surface area (Å²) in [7, 11) is 0. The number of aliphatic hydroxyl groups excluding tert-OH is 1. The van der Waals surface area contributed by atoms with Gasteiger partial charge < -0.3 is 10.4 Å². The molecule has 2 N–H and O–H groups in total. The third-order valence-corrected chi connectivity index (χ3v) is 2.89. The van der Waals surface area contributed by atoms with Gasteiger partial charge in [-0.15, -0.1) is 0 Å². The van der Waals surface area contributed by atoms with E-state index in [1.165, 1.54) is 0 Å². The van der Waals surface area contributed by atoms with Gasteiger partial charge in [0.15, 0.2) is 6.10 Å². The minimum atomic E-state index is -4.58. The molecule has 96 valence electrons. The first-order chi connectivity index (χ1) is 7.80. The van der Waals surface area contributed by atoms with E-state index in [1.807, 2.05) is 24.3 Å². The number of benzene rings is 1. The molecule has 1 aromatic rings. The van der Waals surface area contributed by atoms with E-state index >= 15 is 0 Å². The van der Waals surface area contributed by atoms with E-state index in [0.717, 1.165) is 10.0 Å². The van der Waals surface area contributed by atoms with Crippen LogP contribution in [0.1, 0.15) is 18.5 Å². The fraction of sp³-hybridized carbons (Fsp3) is 0.455. The van der Waals surface area contributed by atoms with Gasteiger partial charge in [0.1, 0.15) is 0 Å². The fourth-order valence-electron chi connectivity index (χ4n) is 1.27. The van der Waals surface area contributed by atoms with Crippen molar-refractivity contribution in [1.29, 1.82) is 0 Å². The number of hydrogen-bond donors (Lipinski definition) is 2. The van der Waals surface area contributed by atoms with Crippen LogP contribution in [0.2, 0.25) is 0 Å². The summed E-state index contributed by atoms with van der Waals surface area (Å²) in [6.07, 6.45) is -6.91. The van der Waals surface area contributed by atoms with Crippen molar-refractivity contribution < 1.29 is 18.3 Å². The number of aliphatic hydroxyl groups is 1. The second kappa shape index (κ2) is 5.84. The SMILES string of the molecule is C[C@H](NCC(O)C(F)(F)F)c1ccc(Br)cc1. The van der Waals surface area contributed by atoms with Gasteiger partial charge in [0.05, 0.1) is 0 Å². The quantitative estimate of drug-likeness (QED) is 0.896. The van der Waals surface area contributed by atoms with Crippen molar-refractivity contribution in [2.45, 2.75) is 25.2 Å². The highest BCUT2D eigenvalue weighted by atomic mass is 79.9. The molecule has 0 amide bonds. The van der Waals surface area contributed by atoms with Gasteiger partial charge in [-0.3, -0.25) is 0 Å². The third kappa shape index (κ3) is 4.65. The molecule has 0 spiro atoms. The zero-order valence-corrected chi connectivity index (χ0v) is 10.7. The third-order valence-electron chi connectivity index (χ3n) is 2.37. The van der Waals surface area contributed by atoms with E-state index < -0.39 is 18.8 Å². The highest BCUT2D eigenvalue weighted by molar-refractivity contribution is 9.10. The molecule has 0 aliphatic rings. The first-order valence-electron chi connectivity index (χ1n) is 5.04. The number of hydrogen-bond acceptors (Lipinski definition) is 2. The van der Waals surface area contributed by atoms with Gasteiger partial charge in [-0.1, -0.05) is 28.1 Å². The predicted molar refractivity (Wildman–Crippen MR) is 62.6 cm³/mol. The molecule has 0 aliphatic heterocycles. The minimum absolute atomic E-state index is 0.250. The van der Waals surface area contributed by atoms with Gasteiger partial charge in [-0.25, -0.2) is 0 Å². The maximum absolute atomic E-state index is 12.1. The maximum atomic E-state index is 12.1. The lowest BCUT2D eigenvalue weighted by Crippen LogP contribution is -2.39. The summed E-state index contributed by atoms with van der Waals surface area (Å²) < 4.78 is 37.1. The zero-order valence-electron chi connectivity index (χ0n) is 9.13. The van der Waals surface area contributed by atoms with E-state index in [0.29, 0.717) is 0 Å². The Kier molecular flexibility index (Phi) is 4.97. The van der Waals surface area contributed by atoms with Crippen molar-refractivity contribution in [2.24, 2.45) is 0 Å². The van der Waals surface area contributed by atoms with E-state index in [9.17, 15) is 13.2 Å². The molecule has 1 unspecified atom stereocenters. The monoisotopic (exact) mass is 311 g/mol. The Morgan fingerprint density at radius 3 is 2.29 bits per heavy atom. The van der Waals surface area contributed by atoms with Gasteiger partial charge in [-0.2, -0.15) is 13.2 Å². The first kappa shape index (κ1) is 14.5. The van der Waals surface area contributed by atoms with Crippen molar-refractivity contribution in [3.05, 3.63) is 34.3 Å². The van der Waals surface area contributed by atoms with Crippen molar-refractivity contribution in [3.8, 4) is 0 Å². The lowest BCUT2D eigenvalue weighted by Gasteiger charge is -2.19. The smallest absolute Gasteiger partial charge is 0.382 e. The minimum Gasteiger partial charge on any atom is -0.382 e. The molecule has 0 heterocycles. The van der Waals surface area contributed by atoms with E-state index in [-0.39, 0.29) is 6.04 Å². The normalized spacial score (nSPS) is 15.6. The van der Waals surface area contributed by atoms with Gasteiger partial charge in [0.25, 0.3) is 0 Å². The van der Waals surface area contributed by atoms with Crippen LogP contribution in [0.25, 0.3) is 0 Å². The highest BCUT2D eigenvalue weighted by Crippen LogP contribution is 2.21. The first-order valence-corrected chi connectivity index (χ1v) is 5.83. The van der Waals surface area contributed by atoms with E-state index in [1.54, 1.807) is 6.92 Å².